The molecule has 1 aliphatic carbocycles. The van der Waals surface area contributed by atoms with E-state index < -0.39 is 0 Å². The van der Waals surface area contributed by atoms with Gasteiger partial charge in [0, 0.05) is 18.3 Å². The lowest BCUT2D eigenvalue weighted by Gasteiger charge is -2.28. The van der Waals surface area contributed by atoms with E-state index in [0.717, 1.165) is 29.9 Å². The summed E-state index contributed by atoms with van der Waals surface area (Å²) < 4.78 is 10.9. The lowest BCUT2D eigenvalue weighted by Crippen LogP contribution is -2.39. The van der Waals surface area contributed by atoms with E-state index in [4.69, 9.17) is 14.7 Å². The molecule has 0 aromatic heterocycles. The zero-order valence-corrected chi connectivity index (χ0v) is 15.7. The minimum atomic E-state index is -0.0669. The van der Waals surface area contributed by atoms with Crippen molar-refractivity contribution in [2.45, 2.75) is 38.3 Å². The number of carbonyl (C=O) groups is 1. The topological polar surface area (TPSA) is 74.6 Å². The smallest absolute Gasteiger partial charge is 0.238 e. The van der Waals surface area contributed by atoms with Gasteiger partial charge in [0.15, 0.2) is 11.5 Å². The van der Waals surface area contributed by atoms with Gasteiger partial charge in [0.1, 0.15) is 0 Å². The Kier molecular flexibility index (Phi) is 5.45. The summed E-state index contributed by atoms with van der Waals surface area (Å²) in [6.45, 7) is 1.26. The van der Waals surface area contributed by atoms with Crippen molar-refractivity contribution in [1.29, 1.82) is 5.26 Å². The zero-order valence-electron chi connectivity index (χ0n) is 15.7. The molecule has 0 saturated heterocycles. The van der Waals surface area contributed by atoms with E-state index in [-0.39, 0.29) is 12.7 Å². The van der Waals surface area contributed by atoms with Crippen molar-refractivity contribution in [1.82, 2.24) is 4.90 Å². The van der Waals surface area contributed by atoms with Crippen molar-refractivity contribution in [2.24, 2.45) is 0 Å². The number of hydrogen-bond donors (Lipinski definition) is 1. The lowest BCUT2D eigenvalue weighted by molar-refractivity contribution is -0.118. The van der Waals surface area contributed by atoms with Crippen LogP contribution >= 0.6 is 0 Å². The molecule has 28 heavy (non-hydrogen) atoms. The molecule has 0 bridgehead atoms. The molecule has 144 valence electrons. The van der Waals surface area contributed by atoms with Crippen LogP contribution in [-0.4, -0.2) is 30.2 Å². The van der Waals surface area contributed by atoms with Gasteiger partial charge in [-0.25, -0.2) is 0 Å². The number of hydrogen-bond acceptors (Lipinski definition) is 5. The summed E-state index contributed by atoms with van der Waals surface area (Å²) in [5.74, 6) is 1.47. The number of ether oxygens (including phenoxy) is 2. The number of nitrogens with one attached hydrogen (secondary N) is 1. The van der Waals surface area contributed by atoms with Crippen LogP contribution in [0, 0.1) is 11.3 Å². The number of nitrogens with zero attached hydrogens (tertiary/aromatic N) is 2. The molecule has 0 spiro atoms. The Balaban J connectivity index is 1.45. The van der Waals surface area contributed by atoms with Crippen molar-refractivity contribution in [3.8, 4) is 17.6 Å². The van der Waals surface area contributed by atoms with Gasteiger partial charge in [-0.3, -0.25) is 9.69 Å². The molecule has 0 radical (unpaired) electrons. The van der Waals surface area contributed by atoms with Crippen LogP contribution in [0.4, 0.5) is 5.69 Å². The van der Waals surface area contributed by atoms with E-state index in [9.17, 15) is 4.79 Å². The van der Waals surface area contributed by atoms with Crippen LogP contribution in [0.1, 0.15) is 36.8 Å². The molecule has 0 atom stereocenters. The lowest BCUT2D eigenvalue weighted by atomic mass is 10.1. The van der Waals surface area contributed by atoms with E-state index in [1.807, 2.05) is 18.2 Å². The van der Waals surface area contributed by atoms with Gasteiger partial charge >= 0.3 is 0 Å². The highest BCUT2D eigenvalue weighted by Gasteiger charge is 2.25. The van der Waals surface area contributed by atoms with Gasteiger partial charge in [-0.1, -0.05) is 25.0 Å². The highest BCUT2D eigenvalue weighted by molar-refractivity contribution is 5.92. The molecule has 2 aromatic carbocycles. The zero-order chi connectivity index (χ0) is 19.3. The maximum atomic E-state index is 12.7. The standard InChI is InChI=1S/C22H23N3O3/c23-12-16-4-3-5-18(10-16)24-22(26)14-25(19-6-1-2-7-19)13-17-8-9-20-21(11-17)28-15-27-20/h3-5,8-11,19H,1-2,6-7,13-15H2,(H,24,26). The maximum Gasteiger partial charge on any atom is 0.238 e. The third-order valence-corrected chi connectivity index (χ3v) is 5.29. The summed E-state index contributed by atoms with van der Waals surface area (Å²) >= 11 is 0. The highest BCUT2D eigenvalue weighted by atomic mass is 16.7. The van der Waals surface area contributed by atoms with Gasteiger partial charge in [-0.2, -0.15) is 5.26 Å². The first-order chi connectivity index (χ1) is 13.7. The number of amides is 1. The Labute approximate surface area is 164 Å². The quantitative estimate of drug-likeness (QED) is 0.831. The van der Waals surface area contributed by atoms with Crippen LogP contribution in [0.5, 0.6) is 11.5 Å². The molecule has 1 saturated carbocycles. The normalized spacial score (nSPS) is 15.6. The first-order valence-electron chi connectivity index (χ1n) is 9.64. The number of nitriles is 1. The average Bonchev–Trinajstić information content (AvgIpc) is 3.39. The van der Waals surface area contributed by atoms with Crippen LogP contribution in [0.15, 0.2) is 42.5 Å². The largest absolute Gasteiger partial charge is 0.454 e. The predicted octanol–water partition coefficient (Wildman–Crippen LogP) is 3.67. The third-order valence-electron chi connectivity index (χ3n) is 5.29. The Morgan fingerprint density at radius 3 is 2.79 bits per heavy atom. The van der Waals surface area contributed by atoms with Gasteiger partial charge in [0.25, 0.3) is 0 Å². The molecule has 1 fully saturated rings. The fraction of sp³-hybridized carbons (Fsp3) is 0.364. The fourth-order valence-electron chi connectivity index (χ4n) is 3.91. The first kappa shape index (κ1) is 18.3. The summed E-state index contributed by atoms with van der Waals surface area (Å²) in [4.78, 5) is 14.9. The van der Waals surface area contributed by atoms with Crippen LogP contribution < -0.4 is 14.8 Å². The summed E-state index contributed by atoms with van der Waals surface area (Å²) in [7, 11) is 0. The molecule has 2 aliphatic rings. The predicted molar refractivity (Wildman–Crippen MR) is 105 cm³/mol. The van der Waals surface area contributed by atoms with Crippen molar-refractivity contribution >= 4 is 11.6 Å². The molecule has 0 unspecified atom stereocenters. The van der Waals surface area contributed by atoms with Gasteiger partial charge in [0.05, 0.1) is 18.2 Å². The second-order valence-electron chi connectivity index (χ2n) is 7.27. The van der Waals surface area contributed by atoms with Crippen molar-refractivity contribution in [3.05, 3.63) is 53.6 Å². The molecular weight excluding hydrogens is 354 g/mol. The Hall–Kier alpha value is -3.04. The Morgan fingerprint density at radius 2 is 1.96 bits per heavy atom. The first-order valence-corrected chi connectivity index (χ1v) is 9.64. The molecule has 1 amide bonds. The van der Waals surface area contributed by atoms with E-state index in [2.05, 4.69) is 16.3 Å². The number of anilines is 1. The summed E-state index contributed by atoms with van der Waals surface area (Å²) in [5.41, 5.74) is 2.29. The highest BCUT2D eigenvalue weighted by Crippen LogP contribution is 2.33. The number of carbonyl (C=O) groups excluding carboxylic acids is 1. The molecule has 1 heterocycles. The van der Waals surface area contributed by atoms with Gasteiger partial charge < -0.3 is 14.8 Å². The molecule has 6 heteroatoms. The van der Waals surface area contributed by atoms with Crippen molar-refractivity contribution in [3.63, 3.8) is 0 Å². The number of benzene rings is 2. The van der Waals surface area contributed by atoms with Crippen molar-refractivity contribution in [2.75, 3.05) is 18.7 Å². The van der Waals surface area contributed by atoms with Crippen LogP contribution in [0.2, 0.25) is 0 Å². The SMILES string of the molecule is N#Cc1cccc(NC(=O)CN(Cc2ccc3c(c2)OCO3)C2CCCC2)c1. The molecule has 6 nitrogen and oxygen atoms in total. The molecule has 4 rings (SSSR count). The van der Waals surface area contributed by atoms with Gasteiger partial charge in [-0.05, 0) is 48.7 Å². The van der Waals surface area contributed by atoms with Gasteiger partial charge in [0.2, 0.25) is 12.7 Å². The van der Waals surface area contributed by atoms with Gasteiger partial charge in [-0.15, -0.1) is 0 Å². The Morgan fingerprint density at radius 1 is 1.14 bits per heavy atom. The minimum Gasteiger partial charge on any atom is -0.454 e. The molecule has 1 aliphatic heterocycles. The summed E-state index contributed by atoms with van der Waals surface area (Å²) in [5, 5.41) is 11.9. The summed E-state index contributed by atoms with van der Waals surface area (Å²) in [6, 6.07) is 15.4. The Bertz CT molecular complexity index is 900. The van der Waals surface area contributed by atoms with E-state index in [1.165, 1.54) is 12.8 Å². The van der Waals surface area contributed by atoms with Crippen molar-refractivity contribution < 1.29 is 14.3 Å². The average molecular weight is 377 g/mol. The van der Waals surface area contributed by atoms with Crippen LogP contribution in [-0.2, 0) is 11.3 Å². The maximum absolute atomic E-state index is 12.7. The minimum absolute atomic E-state index is 0.0669. The van der Waals surface area contributed by atoms with Crippen LogP contribution in [0.25, 0.3) is 0 Å². The fourth-order valence-corrected chi connectivity index (χ4v) is 3.91. The second-order valence-corrected chi connectivity index (χ2v) is 7.27. The van der Waals surface area contributed by atoms with E-state index in [1.54, 1.807) is 24.3 Å². The third kappa shape index (κ3) is 4.26. The van der Waals surface area contributed by atoms with E-state index in [0.29, 0.717) is 30.4 Å². The molecular formula is C22H23N3O3. The number of fused-ring (bicyclic) bond motifs is 1. The second kappa shape index (κ2) is 8.32. The molecule has 2 aromatic rings. The number of rotatable bonds is 6. The van der Waals surface area contributed by atoms with E-state index >= 15 is 0 Å². The summed E-state index contributed by atoms with van der Waals surface area (Å²) in [6.07, 6.45) is 4.63. The molecule has 1 N–H and O–H groups in total. The monoisotopic (exact) mass is 377 g/mol. The van der Waals surface area contributed by atoms with Crippen LogP contribution in [0.3, 0.4) is 0 Å².